The lowest BCUT2D eigenvalue weighted by molar-refractivity contribution is -0.104. The van der Waals surface area contributed by atoms with Crippen LogP contribution in [0.15, 0.2) is 36.5 Å². The summed E-state index contributed by atoms with van der Waals surface area (Å²) in [6, 6.07) is 7.05. The summed E-state index contributed by atoms with van der Waals surface area (Å²) in [6.45, 7) is 5.79. The summed E-state index contributed by atoms with van der Waals surface area (Å²) in [5, 5.41) is 0. The van der Waals surface area contributed by atoms with E-state index in [1.807, 2.05) is 18.3 Å². The fraction of sp³-hybridized carbons (Fsp3) is 0.400. The van der Waals surface area contributed by atoms with Crippen molar-refractivity contribution in [2.24, 2.45) is 0 Å². The van der Waals surface area contributed by atoms with Gasteiger partial charge in [0.1, 0.15) is 12.1 Å². The van der Waals surface area contributed by atoms with Crippen LogP contribution < -0.4 is 0 Å². The molecule has 1 aromatic rings. The van der Waals surface area contributed by atoms with E-state index in [1.165, 1.54) is 18.2 Å². The molecule has 0 aromatic heterocycles. The molecule has 0 aliphatic carbocycles. The SMILES string of the molecule is C[C@@H]1CN(Cc2ccc(F)cc2)CCN1/C=C\C=O. The summed E-state index contributed by atoms with van der Waals surface area (Å²) in [6.07, 6.45) is 4.19. The molecule has 1 aliphatic heterocycles. The molecule has 0 saturated carbocycles. The average Bonchev–Trinajstić information content (AvgIpc) is 2.41. The minimum absolute atomic E-state index is 0.194. The number of piperazine rings is 1. The molecule has 1 aliphatic rings. The molecule has 1 aromatic carbocycles. The monoisotopic (exact) mass is 262 g/mol. The van der Waals surface area contributed by atoms with Gasteiger partial charge in [0.2, 0.25) is 0 Å². The summed E-state index contributed by atoms with van der Waals surface area (Å²) in [5.74, 6) is -0.194. The Kier molecular flexibility index (Phi) is 4.68. The molecule has 2 rings (SSSR count). The highest BCUT2D eigenvalue weighted by Gasteiger charge is 2.21. The van der Waals surface area contributed by atoms with Gasteiger partial charge in [0.05, 0.1) is 0 Å². The molecular formula is C15H19FN2O. The number of hydrogen-bond donors (Lipinski definition) is 0. The molecule has 0 radical (unpaired) electrons. The van der Waals surface area contributed by atoms with E-state index in [0.29, 0.717) is 6.04 Å². The number of rotatable bonds is 4. The third-order valence-electron chi connectivity index (χ3n) is 3.44. The standard InChI is InChI=1S/C15H19FN2O/c1-13-11-17(8-9-18(13)7-2-10-19)12-14-3-5-15(16)6-4-14/h2-7,10,13H,8-9,11-12H2,1H3/b7-2-/t13-/m1/s1. The maximum absolute atomic E-state index is 12.8. The predicted molar refractivity (Wildman–Crippen MR) is 73.0 cm³/mol. The number of allylic oxidation sites excluding steroid dienone is 1. The van der Waals surface area contributed by atoms with Crippen LogP contribution in [0.2, 0.25) is 0 Å². The lowest BCUT2D eigenvalue weighted by Gasteiger charge is -2.39. The molecule has 1 heterocycles. The van der Waals surface area contributed by atoms with E-state index in [0.717, 1.165) is 38.0 Å². The van der Waals surface area contributed by atoms with Crippen molar-refractivity contribution in [2.45, 2.75) is 19.5 Å². The Morgan fingerprint density at radius 2 is 2.05 bits per heavy atom. The van der Waals surface area contributed by atoms with Crippen molar-refractivity contribution >= 4 is 6.29 Å². The van der Waals surface area contributed by atoms with Crippen molar-refractivity contribution in [2.75, 3.05) is 19.6 Å². The molecule has 4 heteroatoms. The highest BCUT2D eigenvalue weighted by atomic mass is 19.1. The maximum Gasteiger partial charge on any atom is 0.144 e. The Hall–Kier alpha value is -1.68. The normalized spacial score (nSPS) is 20.9. The van der Waals surface area contributed by atoms with Gasteiger partial charge in [-0.05, 0) is 30.7 Å². The van der Waals surface area contributed by atoms with E-state index in [-0.39, 0.29) is 5.82 Å². The van der Waals surface area contributed by atoms with E-state index in [9.17, 15) is 9.18 Å². The van der Waals surface area contributed by atoms with Crippen molar-refractivity contribution in [3.63, 3.8) is 0 Å². The first kappa shape index (κ1) is 13.7. The molecule has 1 saturated heterocycles. The summed E-state index contributed by atoms with van der Waals surface area (Å²) in [4.78, 5) is 14.9. The Morgan fingerprint density at radius 1 is 1.32 bits per heavy atom. The first-order valence-corrected chi connectivity index (χ1v) is 6.53. The van der Waals surface area contributed by atoms with Crippen LogP contribution in [-0.2, 0) is 11.3 Å². The third-order valence-corrected chi connectivity index (χ3v) is 3.44. The zero-order valence-corrected chi connectivity index (χ0v) is 11.1. The summed E-state index contributed by atoms with van der Waals surface area (Å²) < 4.78 is 12.8. The molecule has 3 nitrogen and oxygen atoms in total. The van der Waals surface area contributed by atoms with E-state index >= 15 is 0 Å². The minimum atomic E-state index is -0.194. The van der Waals surface area contributed by atoms with Crippen molar-refractivity contribution in [3.05, 3.63) is 47.9 Å². The van der Waals surface area contributed by atoms with Gasteiger partial charge in [0.25, 0.3) is 0 Å². The van der Waals surface area contributed by atoms with E-state index in [4.69, 9.17) is 0 Å². The fourth-order valence-corrected chi connectivity index (χ4v) is 2.41. The number of carbonyl (C=O) groups is 1. The Labute approximate surface area is 113 Å². The Morgan fingerprint density at radius 3 is 2.68 bits per heavy atom. The predicted octanol–water partition coefficient (Wildman–Crippen LogP) is 2.04. The smallest absolute Gasteiger partial charge is 0.144 e. The largest absolute Gasteiger partial charge is 0.372 e. The van der Waals surface area contributed by atoms with Crippen LogP contribution in [0.4, 0.5) is 4.39 Å². The van der Waals surface area contributed by atoms with Crippen molar-refractivity contribution in [1.82, 2.24) is 9.80 Å². The van der Waals surface area contributed by atoms with Gasteiger partial charge in [-0.25, -0.2) is 4.39 Å². The topological polar surface area (TPSA) is 23.6 Å². The zero-order chi connectivity index (χ0) is 13.7. The molecule has 1 atom stereocenters. The summed E-state index contributed by atoms with van der Waals surface area (Å²) >= 11 is 0. The molecule has 1 fully saturated rings. The molecule has 102 valence electrons. The molecule has 0 N–H and O–H groups in total. The molecule has 0 spiro atoms. The Bertz CT molecular complexity index is 444. The van der Waals surface area contributed by atoms with Gasteiger partial charge in [-0.3, -0.25) is 9.69 Å². The van der Waals surface area contributed by atoms with Gasteiger partial charge in [-0.15, -0.1) is 0 Å². The van der Waals surface area contributed by atoms with E-state index in [2.05, 4.69) is 16.7 Å². The van der Waals surface area contributed by atoms with Crippen molar-refractivity contribution in [3.8, 4) is 0 Å². The quantitative estimate of drug-likeness (QED) is 0.613. The lowest BCUT2D eigenvalue weighted by atomic mass is 10.1. The second kappa shape index (κ2) is 6.48. The van der Waals surface area contributed by atoms with Crippen LogP contribution in [0.1, 0.15) is 12.5 Å². The number of aldehydes is 1. The highest BCUT2D eigenvalue weighted by Crippen LogP contribution is 2.13. The number of hydrogen-bond acceptors (Lipinski definition) is 3. The molecular weight excluding hydrogens is 243 g/mol. The maximum atomic E-state index is 12.8. The van der Waals surface area contributed by atoms with Crippen LogP contribution in [0.25, 0.3) is 0 Å². The van der Waals surface area contributed by atoms with Gasteiger partial charge < -0.3 is 4.90 Å². The number of nitrogens with zero attached hydrogens (tertiary/aromatic N) is 2. The van der Waals surface area contributed by atoms with Gasteiger partial charge in [0.15, 0.2) is 0 Å². The molecule has 19 heavy (non-hydrogen) atoms. The number of carbonyl (C=O) groups excluding carboxylic acids is 1. The fourth-order valence-electron chi connectivity index (χ4n) is 2.41. The molecule has 0 bridgehead atoms. The van der Waals surface area contributed by atoms with Crippen LogP contribution in [0.5, 0.6) is 0 Å². The third kappa shape index (κ3) is 3.89. The van der Waals surface area contributed by atoms with E-state index < -0.39 is 0 Å². The zero-order valence-electron chi connectivity index (χ0n) is 11.1. The van der Waals surface area contributed by atoms with E-state index in [1.54, 1.807) is 0 Å². The second-order valence-corrected chi connectivity index (χ2v) is 4.93. The first-order chi connectivity index (χ1) is 9.19. The van der Waals surface area contributed by atoms with Gasteiger partial charge >= 0.3 is 0 Å². The first-order valence-electron chi connectivity index (χ1n) is 6.53. The van der Waals surface area contributed by atoms with Crippen molar-refractivity contribution in [1.29, 1.82) is 0 Å². The number of benzene rings is 1. The minimum Gasteiger partial charge on any atom is -0.372 e. The van der Waals surface area contributed by atoms with Gasteiger partial charge in [-0.1, -0.05) is 12.1 Å². The van der Waals surface area contributed by atoms with Crippen LogP contribution in [0.3, 0.4) is 0 Å². The van der Waals surface area contributed by atoms with Crippen LogP contribution in [-0.4, -0.2) is 41.8 Å². The van der Waals surface area contributed by atoms with Crippen molar-refractivity contribution < 1.29 is 9.18 Å². The molecule has 0 unspecified atom stereocenters. The average molecular weight is 262 g/mol. The summed E-state index contributed by atoms with van der Waals surface area (Å²) in [7, 11) is 0. The Balaban J connectivity index is 1.89. The van der Waals surface area contributed by atoms with Crippen LogP contribution in [0, 0.1) is 5.82 Å². The van der Waals surface area contributed by atoms with Gasteiger partial charge in [-0.2, -0.15) is 0 Å². The lowest BCUT2D eigenvalue weighted by Crippen LogP contribution is -2.49. The molecule has 0 amide bonds. The second-order valence-electron chi connectivity index (χ2n) is 4.93. The van der Waals surface area contributed by atoms with Crippen LogP contribution >= 0.6 is 0 Å². The summed E-state index contributed by atoms with van der Waals surface area (Å²) in [5.41, 5.74) is 1.13. The van der Waals surface area contributed by atoms with Gasteiger partial charge in [0, 0.05) is 38.4 Å². The highest BCUT2D eigenvalue weighted by molar-refractivity contribution is 5.64. The number of halogens is 1.